The van der Waals surface area contributed by atoms with Crippen LogP contribution in [-0.2, 0) is 4.74 Å². The van der Waals surface area contributed by atoms with Crippen LogP contribution in [0, 0.1) is 11.3 Å². The summed E-state index contributed by atoms with van der Waals surface area (Å²) in [6, 6.07) is 4.83. The first kappa shape index (κ1) is 22.5. The van der Waals surface area contributed by atoms with Crippen LogP contribution in [-0.4, -0.2) is 69.1 Å². The molecule has 3 atom stereocenters. The van der Waals surface area contributed by atoms with Crippen molar-refractivity contribution in [2.75, 3.05) is 31.6 Å². The highest BCUT2D eigenvalue weighted by molar-refractivity contribution is 6.32. The summed E-state index contributed by atoms with van der Waals surface area (Å²) in [5.41, 5.74) is 1.88. The van der Waals surface area contributed by atoms with Gasteiger partial charge in [-0.2, -0.15) is 10.4 Å². The fourth-order valence-electron chi connectivity index (χ4n) is 4.84. The molecule has 1 aliphatic carbocycles. The van der Waals surface area contributed by atoms with E-state index >= 15 is 4.39 Å². The number of likely N-dealkylation sites (tertiary alicyclic amines) is 1. The Kier molecular flexibility index (Phi) is 5.36. The van der Waals surface area contributed by atoms with Crippen LogP contribution in [0.2, 0.25) is 5.15 Å². The second-order valence-corrected chi connectivity index (χ2v) is 9.66. The second-order valence-electron chi connectivity index (χ2n) is 9.30. The zero-order valence-corrected chi connectivity index (χ0v) is 19.2. The van der Waals surface area contributed by atoms with Gasteiger partial charge in [0.25, 0.3) is 5.92 Å². The molecule has 0 amide bonds. The molecule has 1 aromatic carbocycles. The van der Waals surface area contributed by atoms with E-state index in [0.717, 1.165) is 11.2 Å². The predicted octanol–water partition coefficient (Wildman–Crippen LogP) is 4.20. The van der Waals surface area contributed by atoms with Gasteiger partial charge in [-0.05, 0) is 30.7 Å². The van der Waals surface area contributed by atoms with Gasteiger partial charge >= 0.3 is 0 Å². The summed E-state index contributed by atoms with van der Waals surface area (Å²) >= 11 is 6.25. The fraction of sp³-hybridized carbons (Fsp3) is 0.478. The van der Waals surface area contributed by atoms with Crippen LogP contribution >= 0.6 is 11.6 Å². The van der Waals surface area contributed by atoms with Crippen LogP contribution in [0.3, 0.4) is 0 Å². The van der Waals surface area contributed by atoms with E-state index in [1.54, 1.807) is 18.3 Å². The number of nitrogens with one attached hydrogen (secondary N) is 1. The predicted molar refractivity (Wildman–Crippen MR) is 122 cm³/mol. The minimum atomic E-state index is -2.81. The molecule has 2 saturated heterocycles. The van der Waals surface area contributed by atoms with Crippen molar-refractivity contribution in [3.63, 3.8) is 0 Å². The summed E-state index contributed by atoms with van der Waals surface area (Å²) in [5, 5.41) is 17.3. The van der Waals surface area contributed by atoms with Crippen molar-refractivity contribution < 1.29 is 17.9 Å². The SMILES string of the molecule is N#Cc1cc2cnc(Nc3cnn(C4CC4(F)F)c3Cl)nc2cc1C1CCN(C2COC2)C[C@@H]1F. The molecule has 2 unspecified atom stereocenters. The van der Waals surface area contributed by atoms with E-state index in [0.29, 0.717) is 53.9 Å². The number of rotatable bonds is 5. The van der Waals surface area contributed by atoms with Crippen molar-refractivity contribution in [1.29, 1.82) is 5.26 Å². The van der Waals surface area contributed by atoms with Crippen LogP contribution in [0.5, 0.6) is 0 Å². The number of fused-ring (bicyclic) bond motifs is 1. The van der Waals surface area contributed by atoms with Gasteiger partial charge in [0.1, 0.15) is 12.2 Å². The molecule has 0 radical (unpaired) electrons. The third kappa shape index (κ3) is 3.99. The lowest BCUT2D eigenvalue weighted by molar-refractivity contribution is -0.0807. The number of piperidine rings is 1. The molecule has 3 aromatic rings. The Balaban J connectivity index is 1.26. The van der Waals surface area contributed by atoms with Crippen LogP contribution < -0.4 is 5.32 Å². The number of hydrogen-bond donors (Lipinski definition) is 1. The fourth-order valence-corrected chi connectivity index (χ4v) is 5.09. The number of nitrogens with zero attached hydrogens (tertiary/aromatic N) is 6. The molecular formula is C23H21ClF3N7O. The van der Waals surface area contributed by atoms with Gasteiger partial charge < -0.3 is 10.1 Å². The van der Waals surface area contributed by atoms with Crippen LogP contribution in [0.1, 0.15) is 35.9 Å². The van der Waals surface area contributed by atoms with Gasteiger partial charge in [-0.1, -0.05) is 11.6 Å². The quantitative estimate of drug-likeness (QED) is 0.558. The van der Waals surface area contributed by atoms with Gasteiger partial charge in [-0.25, -0.2) is 27.8 Å². The van der Waals surface area contributed by atoms with E-state index in [1.165, 1.54) is 6.20 Å². The van der Waals surface area contributed by atoms with E-state index < -0.39 is 24.1 Å². The average Bonchev–Trinajstić information content (AvgIpc) is 3.28. The number of anilines is 2. The molecule has 0 spiro atoms. The normalized spacial score (nSPS) is 26.3. The number of halogens is 4. The number of nitriles is 1. The van der Waals surface area contributed by atoms with Gasteiger partial charge in [-0.15, -0.1) is 0 Å². The van der Waals surface area contributed by atoms with Gasteiger partial charge in [-0.3, -0.25) is 4.90 Å². The zero-order chi connectivity index (χ0) is 24.3. The Morgan fingerprint density at radius 2 is 2.06 bits per heavy atom. The summed E-state index contributed by atoms with van der Waals surface area (Å²) in [6.07, 6.45) is 2.08. The highest BCUT2D eigenvalue weighted by Gasteiger charge is 2.59. The van der Waals surface area contributed by atoms with Crippen molar-refractivity contribution >= 4 is 34.1 Å². The minimum Gasteiger partial charge on any atom is -0.378 e. The number of alkyl halides is 3. The topological polar surface area (TPSA) is 91.9 Å². The number of benzene rings is 1. The van der Waals surface area contributed by atoms with Gasteiger partial charge in [0.05, 0.1) is 48.3 Å². The van der Waals surface area contributed by atoms with Crippen molar-refractivity contribution in [1.82, 2.24) is 24.6 Å². The van der Waals surface area contributed by atoms with E-state index in [-0.39, 0.29) is 23.6 Å². The molecule has 1 saturated carbocycles. The lowest BCUT2D eigenvalue weighted by Crippen LogP contribution is -2.54. The minimum absolute atomic E-state index is 0.0419. The first-order chi connectivity index (χ1) is 16.8. The summed E-state index contributed by atoms with van der Waals surface area (Å²) in [4.78, 5) is 10.9. The van der Waals surface area contributed by atoms with Gasteiger partial charge in [0.2, 0.25) is 5.95 Å². The smallest absolute Gasteiger partial charge is 0.272 e. The third-order valence-corrected chi connectivity index (χ3v) is 7.43. The molecule has 4 heterocycles. The monoisotopic (exact) mass is 503 g/mol. The molecule has 182 valence electrons. The van der Waals surface area contributed by atoms with Crippen molar-refractivity contribution in [2.24, 2.45) is 0 Å². The summed E-state index contributed by atoms with van der Waals surface area (Å²) in [5.74, 6) is -3.03. The maximum Gasteiger partial charge on any atom is 0.272 e. The highest BCUT2D eigenvalue weighted by atomic mass is 35.5. The molecule has 6 rings (SSSR count). The van der Waals surface area contributed by atoms with Crippen LogP contribution in [0.15, 0.2) is 24.5 Å². The van der Waals surface area contributed by atoms with Crippen LogP contribution in [0.4, 0.5) is 24.8 Å². The maximum absolute atomic E-state index is 15.2. The van der Waals surface area contributed by atoms with E-state index in [2.05, 4.69) is 31.4 Å². The first-order valence-electron chi connectivity index (χ1n) is 11.4. The molecule has 12 heteroatoms. The van der Waals surface area contributed by atoms with Crippen molar-refractivity contribution in [3.05, 3.63) is 40.8 Å². The lowest BCUT2D eigenvalue weighted by Gasteiger charge is -2.43. The molecule has 2 aliphatic heterocycles. The van der Waals surface area contributed by atoms with Crippen molar-refractivity contribution in [2.45, 2.75) is 42.9 Å². The van der Waals surface area contributed by atoms with Gasteiger partial charge in [0.15, 0.2) is 5.15 Å². The Morgan fingerprint density at radius 1 is 1.26 bits per heavy atom. The summed E-state index contributed by atoms with van der Waals surface area (Å²) < 4.78 is 48.4. The molecule has 35 heavy (non-hydrogen) atoms. The standard InChI is InChI=1S/C23H21ClF3N7O/c24-21-19(8-30-34(21)20-5-23(20,26)27)32-22-29-7-13-3-12(6-28)16(4-18(13)31-22)15-1-2-33(9-17(15)25)14-10-35-11-14/h3-4,7-8,14-15,17,20H,1-2,5,9-11H2,(H,29,31,32)/t15?,17-,20?/m0/s1. The highest BCUT2D eigenvalue weighted by Crippen LogP contribution is 2.53. The number of ether oxygens (including phenoxy) is 1. The molecule has 3 aliphatic rings. The Labute approximate surface area is 203 Å². The van der Waals surface area contributed by atoms with Crippen molar-refractivity contribution in [3.8, 4) is 6.07 Å². The molecule has 1 N–H and O–H groups in total. The van der Waals surface area contributed by atoms with E-state index in [1.807, 2.05) is 0 Å². The Hall–Kier alpha value is -2.94. The molecule has 3 fully saturated rings. The number of aromatic nitrogens is 4. The van der Waals surface area contributed by atoms with E-state index in [4.69, 9.17) is 16.3 Å². The summed E-state index contributed by atoms with van der Waals surface area (Å²) in [6.45, 7) is 2.31. The largest absolute Gasteiger partial charge is 0.378 e. The molecule has 8 nitrogen and oxygen atoms in total. The van der Waals surface area contributed by atoms with Gasteiger partial charge in [0, 0.05) is 30.5 Å². The summed E-state index contributed by atoms with van der Waals surface area (Å²) in [7, 11) is 0. The maximum atomic E-state index is 15.2. The number of hydrogen-bond acceptors (Lipinski definition) is 7. The molecule has 0 bridgehead atoms. The first-order valence-corrected chi connectivity index (χ1v) is 11.8. The van der Waals surface area contributed by atoms with Crippen LogP contribution in [0.25, 0.3) is 10.9 Å². The Bertz CT molecular complexity index is 1340. The third-order valence-electron chi connectivity index (χ3n) is 7.05. The lowest BCUT2D eigenvalue weighted by atomic mass is 9.84. The molecule has 2 aromatic heterocycles. The molecular weight excluding hydrogens is 483 g/mol. The Morgan fingerprint density at radius 3 is 2.71 bits per heavy atom. The second kappa shape index (κ2) is 8.33. The van der Waals surface area contributed by atoms with E-state index in [9.17, 15) is 14.0 Å². The average molecular weight is 504 g/mol. The zero-order valence-electron chi connectivity index (χ0n) is 18.5.